The van der Waals surface area contributed by atoms with Gasteiger partial charge in [-0.25, -0.2) is 13.8 Å². The summed E-state index contributed by atoms with van der Waals surface area (Å²) >= 11 is 4.82. The summed E-state index contributed by atoms with van der Waals surface area (Å²) in [5.41, 5.74) is -0.270. The number of carboxylic acids is 1. The van der Waals surface area contributed by atoms with Gasteiger partial charge in [-0.15, -0.1) is 0 Å². The van der Waals surface area contributed by atoms with Crippen molar-refractivity contribution in [2.45, 2.75) is 12.8 Å². The van der Waals surface area contributed by atoms with Crippen molar-refractivity contribution in [1.29, 1.82) is 0 Å². The highest BCUT2D eigenvalue weighted by Gasteiger charge is 2.17. The number of carboxylic acid groups (broad SMARTS) is 1. The molecule has 0 bridgehead atoms. The predicted molar refractivity (Wildman–Crippen MR) is 61.0 cm³/mol. The third-order valence-corrected chi connectivity index (χ3v) is 3.11. The van der Waals surface area contributed by atoms with E-state index in [1.807, 2.05) is 0 Å². The minimum atomic E-state index is -2.70. The summed E-state index contributed by atoms with van der Waals surface area (Å²) in [5.74, 6) is -1.11. The van der Waals surface area contributed by atoms with Crippen LogP contribution in [0.15, 0.2) is 10.5 Å². The second kappa shape index (κ2) is 5.15. The molecule has 0 unspecified atom stereocenters. The fraction of sp³-hybridized carbons (Fsp3) is 0.250. The molecule has 0 aliphatic rings. The molecule has 3 nitrogen and oxygen atoms in total. The summed E-state index contributed by atoms with van der Waals surface area (Å²) in [6.07, 6.45) is -3.07. The van der Waals surface area contributed by atoms with E-state index < -0.39 is 12.4 Å². The van der Waals surface area contributed by atoms with Gasteiger partial charge in [0, 0.05) is 8.04 Å². The third kappa shape index (κ3) is 3.33. The van der Waals surface area contributed by atoms with Crippen LogP contribution in [-0.2, 0) is 11.2 Å². The first-order valence-electron chi connectivity index (χ1n) is 3.76. The Bertz CT molecular complexity index is 400. The summed E-state index contributed by atoms with van der Waals surface area (Å²) in [6, 6.07) is 1.44. The van der Waals surface area contributed by atoms with E-state index >= 15 is 0 Å². The van der Waals surface area contributed by atoms with Gasteiger partial charge in [-0.3, -0.25) is 4.79 Å². The lowest BCUT2D eigenvalue weighted by Gasteiger charge is -2.07. The van der Waals surface area contributed by atoms with Crippen LogP contribution >= 0.6 is 38.5 Å². The van der Waals surface area contributed by atoms with Gasteiger partial charge in [-0.05, 0) is 44.6 Å². The number of carbonyl (C=O) groups is 1. The molecule has 0 fully saturated rings. The number of nitrogens with zero attached hydrogens (tertiary/aromatic N) is 1. The van der Waals surface area contributed by atoms with Gasteiger partial charge in [-0.1, -0.05) is 0 Å². The maximum Gasteiger partial charge on any atom is 0.309 e. The summed E-state index contributed by atoms with van der Waals surface area (Å²) in [6.45, 7) is 0. The van der Waals surface area contributed by atoms with Crippen LogP contribution in [0.5, 0.6) is 0 Å². The van der Waals surface area contributed by atoms with Gasteiger partial charge in [0.2, 0.25) is 0 Å². The molecule has 82 valence electrons. The topological polar surface area (TPSA) is 50.2 Å². The van der Waals surface area contributed by atoms with Gasteiger partial charge < -0.3 is 5.11 Å². The predicted octanol–water partition coefficient (Wildman–Crippen LogP) is 3.01. The molecule has 1 N–H and O–H groups in total. The largest absolute Gasteiger partial charge is 0.481 e. The van der Waals surface area contributed by atoms with E-state index in [0.29, 0.717) is 8.04 Å². The Hall–Kier alpha value is -0.310. The molecule has 1 aromatic rings. The average molecular weight is 392 g/mol. The Balaban J connectivity index is 3.17. The molecule has 0 spiro atoms. The highest BCUT2D eigenvalue weighted by molar-refractivity contribution is 14.1. The summed E-state index contributed by atoms with van der Waals surface area (Å²) < 4.78 is 25.6. The minimum Gasteiger partial charge on any atom is -0.481 e. The zero-order valence-corrected chi connectivity index (χ0v) is 10.9. The number of hydrogen-bond acceptors (Lipinski definition) is 2. The minimum absolute atomic E-state index is 0.109. The lowest BCUT2D eigenvalue weighted by molar-refractivity contribution is -0.136. The van der Waals surface area contributed by atoms with E-state index in [-0.39, 0.29) is 17.8 Å². The lowest BCUT2D eigenvalue weighted by atomic mass is 10.2. The summed E-state index contributed by atoms with van der Waals surface area (Å²) in [4.78, 5) is 14.1. The molecule has 7 heteroatoms. The van der Waals surface area contributed by atoms with E-state index in [0.717, 1.165) is 0 Å². The first-order valence-corrected chi connectivity index (χ1v) is 5.63. The van der Waals surface area contributed by atoms with Crippen molar-refractivity contribution < 1.29 is 18.7 Å². The number of hydrogen-bond donors (Lipinski definition) is 1. The van der Waals surface area contributed by atoms with Crippen molar-refractivity contribution in [3.63, 3.8) is 0 Å². The van der Waals surface area contributed by atoms with Gasteiger partial charge in [0.05, 0.1) is 12.1 Å². The van der Waals surface area contributed by atoms with Gasteiger partial charge in [0.25, 0.3) is 6.43 Å². The second-order valence-electron chi connectivity index (χ2n) is 2.66. The van der Waals surface area contributed by atoms with Gasteiger partial charge in [-0.2, -0.15) is 0 Å². The Morgan fingerprint density at radius 3 is 2.73 bits per heavy atom. The molecule has 1 aromatic heterocycles. The van der Waals surface area contributed by atoms with E-state index in [2.05, 4.69) is 20.9 Å². The van der Waals surface area contributed by atoms with Crippen LogP contribution in [0.1, 0.15) is 17.8 Å². The van der Waals surface area contributed by atoms with E-state index in [4.69, 9.17) is 5.11 Å². The maximum atomic E-state index is 12.4. The van der Waals surface area contributed by atoms with E-state index in [9.17, 15) is 13.6 Å². The van der Waals surface area contributed by atoms with Crippen molar-refractivity contribution in [2.75, 3.05) is 0 Å². The molecule has 0 aromatic carbocycles. The molecule has 1 heterocycles. The van der Waals surface area contributed by atoms with Crippen molar-refractivity contribution in [3.05, 3.63) is 25.5 Å². The number of alkyl halides is 2. The Morgan fingerprint density at radius 2 is 2.27 bits per heavy atom. The molecule has 0 aliphatic carbocycles. The van der Waals surface area contributed by atoms with Gasteiger partial charge >= 0.3 is 5.97 Å². The number of aliphatic carboxylic acids is 1. The van der Waals surface area contributed by atoms with Crippen LogP contribution in [0, 0.1) is 3.57 Å². The summed E-state index contributed by atoms with van der Waals surface area (Å²) in [7, 11) is 0. The monoisotopic (exact) mass is 391 g/mol. The first kappa shape index (κ1) is 12.8. The van der Waals surface area contributed by atoms with Crippen LogP contribution in [0.4, 0.5) is 8.78 Å². The zero-order chi connectivity index (χ0) is 11.6. The molecule has 0 aliphatic heterocycles. The number of rotatable bonds is 3. The zero-order valence-electron chi connectivity index (χ0n) is 7.18. The average Bonchev–Trinajstić information content (AvgIpc) is 2.08. The first-order chi connectivity index (χ1) is 6.91. The quantitative estimate of drug-likeness (QED) is 0.806. The third-order valence-electron chi connectivity index (χ3n) is 1.55. The molecule has 0 amide bonds. The van der Waals surface area contributed by atoms with Gasteiger partial charge in [0.1, 0.15) is 5.69 Å². The highest BCUT2D eigenvalue weighted by Crippen LogP contribution is 2.27. The molecule has 0 atom stereocenters. The number of halogens is 4. The summed E-state index contributed by atoms with van der Waals surface area (Å²) in [5, 5.41) is 8.54. The highest BCUT2D eigenvalue weighted by atomic mass is 127. The van der Waals surface area contributed by atoms with Crippen molar-refractivity contribution in [2.24, 2.45) is 0 Å². The maximum absolute atomic E-state index is 12.4. The SMILES string of the molecule is O=C(O)Cc1nc(C(F)F)c(I)cc1Br. The van der Waals surface area contributed by atoms with E-state index in [1.54, 1.807) is 22.6 Å². The van der Waals surface area contributed by atoms with Crippen LogP contribution in [-0.4, -0.2) is 16.1 Å². The molecule has 0 saturated carbocycles. The fourth-order valence-corrected chi connectivity index (χ4v) is 2.49. The Labute approximate surface area is 106 Å². The second-order valence-corrected chi connectivity index (χ2v) is 4.67. The Kier molecular flexibility index (Phi) is 4.38. The Morgan fingerprint density at radius 1 is 1.67 bits per heavy atom. The van der Waals surface area contributed by atoms with Crippen LogP contribution in [0.2, 0.25) is 0 Å². The van der Waals surface area contributed by atoms with Crippen LogP contribution < -0.4 is 0 Å². The number of aromatic nitrogens is 1. The molecule has 0 radical (unpaired) electrons. The normalized spacial score (nSPS) is 10.7. The molecular formula is C8H5BrF2INO2. The van der Waals surface area contributed by atoms with Crippen LogP contribution in [0.3, 0.4) is 0 Å². The smallest absolute Gasteiger partial charge is 0.309 e. The molecule has 1 rings (SSSR count). The van der Waals surface area contributed by atoms with Crippen molar-refractivity contribution in [1.82, 2.24) is 4.98 Å². The molecule has 15 heavy (non-hydrogen) atoms. The lowest BCUT2D eigenvalue weighted by Crippen LogP contribution is -2.06. The molecular weight excluding hydrogens is 387 g/mol. The van der Waals surface area contributed by atoms with Crippen LogP contribution in [0.25, 0.3) is 0 Å². The fourth-order valence-electron chi connectivity index (χ4n) is 0.941. The molecule has 0 saturated heterocycles. The van der Waals surface area contributed by atoms with Gasteiger partial charge in [0.15, 0.2) is 0 Å². The number of pyridine rings is 1. The van der Waals surface area contributed by atoms with Crippen molar-refractivity contribution in [3.8, 4) is 0 Å². The standard InChI is InChI=1S/C8H5BrF2INO2/c9-3-1-4(12)7(8(10)11)13-5(3)2-6(14)15/h1,8H,2H2,(H,14,15). The van der Waals surface area contributed by atoms with E-state index in [1.165, 1.54) is 6.07 Å². The van der Waals surface area contributed by atoms with Crippen molar-refractivity contribution >= 4 is 44.5 Å².